The van der Waals surface area contributed by atoms with Crippen molar-refractivity contribution in [1.82, 2.24) is 0 Å². The van der Waals surface area contributed by atoms with Crippen LogP contribution in [0.4, 0.5) is 0 Å². The summed E-state index contributed by atoms with van der Waals surface area (Å²) >= 11 is 0. The highest BCUT2D eigenvalue weighted by atomic mass is 16.5. The summed E-state index contributed by atoms with van der Waals surface area (Å²) < 4.78 is 10.9. The molecule has 21 heavy (non-hydrogen) atoms. The molecule has 2 rings (SSSR count). The van der Waals surface area contributed by atoms with Crippen molar-refractivity contribution < 1.29 is 14.3 Å². The number of methoxy groups -OCH3 is 1. The zero-order chi connectivity index (χ0) is 15.2. The second-order valence-electron chi connectivity index (χ2n) is 6.22. The summed E-state index contributed by atoms with van der Waals surface area (Å²) in [6, 6.07) is 9.81. The molecule has 1 fully saturated rings. The minimum absolute atomic E-state index is 0.0976. The van der Waals surface area contributed by atoms with Crippen LogP contribution >= 0.6 is 0 Å². The molecule has 0 N–H and O–H groups in total. The second kappa shape index (κ2) is 7.65. The van der Waals surface area contributed by atoms with Crippen molar-refractivity contribution in [2.75, 3.05) is 7.11 Å². The fourth-order valence-electron chi connectivity index (χ4n) is 3.55. The minimum atomic E-state index is -0.0976. The van der Waals surface area contributed by atoms with Gasteiger partial charge < -0.3 is 9.47 Å². The van der Waals surface area contributed by atoms with Crippen molar-refractivity contribution >= 4 is 13.8 Å². The molecule has 0 aliphatic heterocycles. The first-order valence-corrected chi connectivity index (χ1v) is 7.84. The lowest BCUT2D eigenvalue weighted by atomic mass is 9.83. The molecule has 4 unspecified atom stereocenters. The van der Waals surface area contributed by atoms with Crippen molar-refractivity contribution in [1.29, 1.82) is 0 Å². The lowest BCUT2D eigenvalue weighted by Crippen LogP contribution is -2.21. The molecule has 0 amide bonds. The number of benzene rings is 1. The molecule has 1 aromatic rings. The summed E-state index contributed by atoms with van der Waals surface area (Å²) in [6.07, 6.45) is 2.88. The number of hydrogen-bond acceptors (Lipinski definition) is 3. The minimum Gasteiger partial charge on any atom is -0.461 e. The van der Waals surface area contributed by atoms with Crippen LogP contribution in [0.15, 0.2) is 30.3 Å². The van der Waals surface area contributed by atoms with E-state index >= 15 is 0 Å². The molecule has 0 saturated heterocycles. The number of carbonyl (C=O) groups excluding carboxylic acids is 1. The van der Waals surface area contributed by atoms with Crippen LogP contribution in [0.25, 0.3) is 0 Å². The molecule has 1 aliphatic carbocycles. The molecule has 0 aromatic heterocycles. The van der Waals surface area contributed by atoms with E-state index in [1.165, 1.54) is 0 Å². The number of carbonyl (C=O) groups is 1. The number of rotatable bonds is 6. The summed E-state index contributed by atoms with van der Waals surface area (Å²) in [6.45, 7) is 2.61. The van der Waals surface area contributed by atoms with Gasteiger partial charge in [-0.05, 0) is 29.6 Å². The van der Waals surface area contributed by atoms with Gasteiger partial charge in [0.05, 0.1) is 6.10 Å². The van der Waals surface area contributed by atoms with Crippen molar-refractivity contribution in [3.05, 3.63) is 35.9 Å². The van der Waals surface area contributed by atoms with E-state index in [1.54, 1.807) is 7.11 Å². The van der Waals surface area contributed by atoms with E-state index in [-0.39, 0.29) is 5.97 Å². The molecule has 0 bridgehead atoms. The molecule has 4 heteroatoms. The third-order valence-electron chi connectivity index (χ3n) is 4.73. The van der Waals surface area contributed by atoms with Crippen LogP contribution in [0.3, 0.4) is 0 Å². The third kappa shape index (κ3) is 4.34. The summed E-state index contributed by atoms with van der Waals surface area (Å²) in [4.78, 5) is 11.9. The van der Waals surface area contributed by atoms with Gasteiger partial charge in [0.2, 0.25) is 0 Å². The number of hydrogen-bond donors (Lipinski definition) is 0. The van der Waals surface area contributed by atoms with Gasteiger partial charge in [-0.3, -0.25) is 4.79 Å². The Hall–Kier alpha value is -1.29. The van der Waals surface area contributed by atoms with E-state index in [4.69, 9.17) is 9.47 Å². The Kier molecular flexibility index (Phi) is 5.86. The molecule has 1 aliphatic rings. The number of ether oxygens (including phenoxy) is 2. The highest BCUT2D eigenvalue weighted by Gasteiger charge is 2.38. The molecule has 0 heterocycles. The smallest absolute Gasteiger partial charge is 0.306 e. The number of esters is 1. The second-order valence-corrected chi connectivity index (χ2v) is 6.22. The van der Waals surface area contributed by atoms with Gasteiger partial charge in [-0.15, -0.1) is 0 Å². The SMILES string of the molecule is BC1CC(CCC(=O)OCc2ccccc2)C(C)C1OC. The Morgan fingerprint density at radius 3 is 2.67 bits per heavy atom. The predicted molar refractivity (Wildman–Crippen MR) is 85.8 cm³/mol. The maximum atomic E-state index is 11.9. The van der Waals surface area contributed by atoms with Gasteiger partial charge in [0, 0.05) is 13.5 Å². The zero-order valence-electron chi connectivity index (χ0n) is 13.2. The molecule has 3 nitrogen and oxygen atoms in total. The normalized spacial score (nSPS) is 28.5. The Bertz CT molecular complexity index is 449. The molecule has 4 atom stereocenters. The van der Waals surface area contributed by atoms with Crippen LogP contribution < -0.4 is 0 Å². The first kappa shape index (κ1) is 16.1. The summed E-state index contributed by atoms with van der Waals surface area (Å²) in [5.74, 6) is 1.57. The van der Waals surface area contributed by atoms with Crippen molar-refractivity contribution in [3.8, 4) is 0 Å². The summed E-state index contributed by atoms with van der Waals surface area (Å²) in [5.41, 5.74) is 1.04. The van der Waals surface area contributed by atoms with Gasteiger partial charge in [0.25, 0.3) is 0 Å². The van der Waals surface area contributed by atoms with Gasteiger partial charge in [0.15, 0.2) is 0 Å². The quantitative estimate of drug-likeness (QED) is 0.596. The van der Waals surface area contributed by atoms with E-state index in [9.17, 15) is 4.79 Å². The largest absolute Gasteiger partial charge is 0.461 e. The van der Waals surface area contributed by atoms with Gasteiger partial charge >= 0.3 is 5.97 Å². The topological polar surface area (TPSA) is 35.5 Å². The molecule has 1 aromatic carbocycles. The standard InChI is InChI=1S/C17H25BO3/c1-12-14(10-15(18)17(12)20-2)8-9-16(19)21-11-13-6-4-3-5-7-13/h3-7,12,14-15,17H,8-11,18H2,1-2H3. The van der Waals surface area contributed by atoms with E-state index < -0.39 is 0 Å². The predicted octanol–water partition coefficient (Wildman–Crippen LogP) is 2.60. The average molecular weight is 288 g/mol. The molecule has 0 radical (unpaired) electrons. The van der Waals surface area contributed by atoms with Crippen LogP contribution in [0, 0.1) is 11.8 Å². The maximum absolute atomic E-state index is 11.9. The van der Waals surface area contributed by atoms with E-state index in [1.807, 2.05) is 30.3 Å². The van der Waals surface area contributed by atoms with Crippen molar-refractivity contribution in [2.24, 2.45) is 11.8 Å². The zero-order valence-corrected chi connectivity index (χ0v) is 13.2. The summed E-state index contributed by atoms with van der Waals surface area (Å²) in [5, 5.41) is 0. The van der Waals surface area contributed by atoms with Crippen LogP contribution in [0.1, 0.15) is 31.7 Å². The lowest BCUT2D eigenvalue weighted by Gasteiger charge is -2.20. The molecule has 114 valence electrons. The molecular formula is C17H25BO3. The highest BCUT2D eigenvalue weighted by molar-refractivity contribution is 6.12. The van der Waals surface area contributed by atoms with Crippen LogP contribution in [-0.2, 0) is 20.9 Å². The van der Waals surface area contributed by atoms with Gasteiger partial charge in [-0.2, -0.15) is 0 Å². The van der Waals surface area contributed by atoms with Crippen molar-refractivity contribution in [3.63, 3.8) is 0 Å². The third-order valence-corrected chi connectivity index (χ3v) is 4.73. The van der Waals surface area contributed by atoms with E-state index in [0.29, 0.717) is 36.8 Å². The first-order valence-electron chi connectivity index (χ1n) is 7.84. The van der Waals surface area contributed by atoms with Crippen LogP contribution in [0.2, 0.25) is 5.82 Å². The fraction of sp³-hybridized carbons (Fsp3) is 0.588. The Balaban J connectivity index is 1.72. The Labute approximate surface area is 128 Å². The van der Waals surface area contributed by atoms with Crippen LogP contribution in [-0.4, -0.2) is 27.0 Å². The van der Waals surface area contributed by atoms with Gasteiger partial charge in [-0.1, -0.05) is 43.7 Å². The van der Waals surface area contributed by atoms with E-state index in [2.05, 4.69) is 14.8 Å². The van der Waals surface area contributed by atoms with Crippen molar-refractivity contribution in [2.45, 2.75) is 44.7 Å². The Morgan fingerprint density at radius 1 is 1.33 bits per heavy atom. The van der Waals surface area contributed by atoms with E-state index in [0.717, 1.165) is 18.4 Å². The molecule has 1 saturated carbocycles. The van der Waals surface area contributed by atoms with Crippen LogP contribution in [0.5, 0.6) is 0 Å². The fourth-order valence-corrected chi connectivity index (χ4v) is 3.55. The average Bonchev–Trinajstić information content (AvgIpc) is 2.77. The monoisotopic (exact) mass is 288 g/mol. The Morgan fingerprint density at radius 2 is 2.05 bits per heavy atom. The molecular weight excluding hydrogens is 263 g/mol. The van der Waals surface area contributed by atoms with Gasteiger partial charge in [-0.25, -0.2) is 0 Å². The van der Waals surface area contributed by atoms with Gasteiger partial charge in [0.1, 0.15) is 14.5 Å². The lowest BCUT2D eigenvalue weighted by molar-refractivity contribution is -0.145. The maximum Gasteiger partial charge on any atom is 0.306 e. The first-order chi connectivity index (χ1) is 10.1. The summed E-state index contributed by atoms with van der Waals surface area (Å²) in [7, 11) is 4.02. The highest BCUT2D eigenvalue weighted by Crippen LogP contribution is 2.42. The molecule has 0 spiro atoms.